The molecule has 0 radical (unpaired) electrons. The lowest BCUT2D eigenvalue weighted by atomic mass is 10.2. The number of thioether (sulfide) groups is 1. The monoisotopic (exact) mass is 354 g/mol. The lowest BCUT2D eigenvalue weighted by molar-refractivity contribution is -0.118. The van der Waals surface area contributed by atoms with Crippen molar-refractivity contribution in [3.05, 3.63) is 30.1 Å². The molecule has 2 atom stereocenters. The van der Waals surface area contributed by atoms with Crippen LogP contribution < -0.4 is 4.90 Å². The van der Waals surface area contributed by atoms with E-state index < -0.39 is 9.84 Å². The first-order valence-electron chi connectivity index (χ1n) is 7.47. The van der Waals surface area contributed by atoms with Gasteiger partial charge in [0.05, 0.1) is 17.5 Å². The molecule has 1 aromatic carbocycles. The number of amides is 1. The van der Waals surface area contributed by atoms with Gasteiger partial charge < -0.3 is 4.90 Å². The van der Waals surface area contributed by atoms with Crippen molar-refractivity contribution in [2.75, 3.05) is 16.4 Å². The number of carbonyl (C=O) groups is 1. The molecule has 23 heavy (non-hydrogen) atoms. The molecule has 2 saturated heterocycles. The lowest BCUT2D eigenvalue weighted by Crippen LogP contribution is -2.37. The van der Waals surface area contributed by atoms with Gasteiger partial charge in [0.1, 0.15) is 5.82 Å². The van der Waals surface area contributed by atoms with E-state index in [0.717, 1.165) is 12.8 Å². The number of benzene rings is 1. The lowest BCUT2D eigenvalue weighted by Gasteiger charge is -2.24. The third kappa shape index (κ3) is 2.89. The van der Waals surface area contributed by atoms with Crippen molar-refractivity contribution in [1.29, 1.82) is 0 Å². The number of hydrogen-bond acceptors (Lipinski definition) is 4. The predicted octanol–water partition coefficient (Wildman–Crippen LogP) is 1.84. The number of carbonyl (C=O) groups excluding carboxylic acids is 1. The van der Waals surface area contributed by atoms with Crippen LogP contribution in [0.1, 0.15) is 12.8 Å². The van der Waals surface area contributed by atoms with Gasteiger partial charge in [-0.3, -0.25) is 4.79 Å². The van der Waals surface area contributed by atoms with E-state index >= 15 is 0 Å². The summed E-state index contributed by atoms with van der Waals surface area (Å²) in [7, 11) is -3.09. The molecule has 1 aromatic rings. The second-order valence-electron chi connectivity index (χ2n) is 6.15. The summed E-state index contributed by atoms with van der Waals surface area (Å²) >= 11 is 1.35. The van der Waals surface area contributed by atoms with Gasteiger partial charge in [-0.2, -0.15) is 4.99 Å². The molecule has 122 valence electrons. The van der Waals surface area contributed by atoms with E-state index in [4.69, 9.17) is 0 Å². The van der Waals surface area contributed by atoms with Gasteiger partial charge in [0, 0.05) is 16.9 Å². The van der Waals surface area contributed by atoms with E-state index in [1.165, 1.54) is 23.9 Å². The Hall–Kier alpha value is -1.41. The highest BCUT2D eigenvalue weighted by Gasteiger charge is 2.49. The number of amidine groups is 1. The Labute approximate surface area is 137 Å². The number of aliphatic imine (C=N–C) groups is 1. The first-order valence-corrected chi connectivity index (χ1v) is 10.2. The van der Waals surface area contributed by atoms with Crippen molar-refractivity contribution < 1.29 is 17.6 Å². The van der Waals surface area contributed by atoms with E-state index in [1.54, 1.807) is 17.0 Å². The van der Waals surface area contributed by atoms with Crippen molar-refractivity contribution in [2.24, 2.45) is 10.9 Å². The standard InChI is InChI=1S/C15H15FN2O3S2/c16-10-3-5-11(6-4-10)18-12-7-23(20,21)8-13(12)22-15(18)17-14(19)9-1-2-9/h3-6,9,12-13H,1-2,7-8H2/t12-,13+/m1/s1. The third-order valence-electron chi connectivity index (χ3n) is 4.30. The molecular formula is C15H15FN2O3S2. The molecule has 0 unspecified atom stereocenters. The number of nitrogens with zero attached hydrogens (tertiary/aromatic N) is 2. The molecule has 0 N–H and O–H groups in total. The highest BCUT2D eigenvalue weighted by molar-refractivity contribution is 8.16. The maximum absolute atomic E-state index is 13.2. The molecule has 2 heterocycles. The molecule has 0 spiro atoms. The minimum atomic E-state index is -3.09. The quantitative estimate of drug-likeness (QED) is 0.811. The number of halogens is 1. The summed E-state index contributed by atoms with van der Waals surface area (Å²) in [6.45, 7) is 0. The predicted molar refractivity (Wildman–Crippen MR) is 87.9 cm³/mol. The van der Waals surface area contributed by atoms with Crippen LogP contribution in [0.4, 0.5) is 10.1 Å². The summed E-state index contributed by atoms with van der Waals surface area (Å²) in [4.78, 5) is 18.1. The molecule has 3 fully saturated rings. The minimum absolute atomic E-state index is 0.0161. The molecule has 0 aromatic heterocycles. The average Bonchev–Trinajstić information content (AvgIpc) is 3.22. The molecule has 8 heteroatoms. The maximum Gasteiger partial charge on any atom is 0.251 e. The fraction of sp³-hybridized carbons (Fsp3) is 0.467. The Bertz CT molecular complexity index is 787. The van der Waals surface area contributed by atoms with Crippen LogP contribution in [-0.2, 0) is 14.6 Å². The van der Waals surface area contributed by atoms with E-state index in [9.17, 15) is 17.6 Å². The van der Waals surface area contributed by atoms with Gasteiger partial charge in [-0.05, 0) is 37.1 Å². The first-order chi connectivity index (χ1) is 10.9. The number of fused-ring (bicyclic) bond motifs is 1. The summed E-state index contributed by atoms with van der Waals surface area (Å²) < 4.78 is 37.0. The van der Waals surface area contributed by atoms with Gasteiger partial charge in [-0.25, -0.2) is 12.8 Å². The van der Waals surface area contributed by atoms with Crippen molar-refractivity contribution in [1.82, 2.24) is 0 Å². The SMILES string of the molecule is O=C(N=C1S[C@H]2CS(=O)(=O)C[C@H]2N1c1ccc(F)cc1)C1CC1. The Kier molecular flexibility index (Phi) is 3.49. The van der Waals surface area contributed by atoms with Gasteiger partial charge in [0.25, 0.3) is 5.91 Å². The Morgan fingerprint density at radius 1 is 1.22 bits per heavy atom. The largest absolute Gasteiger partial charge is 0.316 e. The van der Waals surface area contributed by atoms with Crippen LogP contribution in [0.3, 0.4) is 0 Å². The van der Waals surface area contributed by atoms with Crippen LogP contribution in [0.25, 0.3) is 0 Å². The zero-order valence-electron chi connectivity index (χ0n) is 12.2. The second-order valence-corrected chi connectivity index (χ2v) is 9.51. The molecule has 0 bridgehead atoms. The Morgan fingerprint density at radius 2 is 1.91 bits per heavy atom. The molecule has 1 aliphatic carbocycles. The summed E-state index contributed by atoms with van der Waals surface area (Å²) in [5.41, 5.74) is 0.672. The normalized spacial score (nSPS) is 30.7. The summed E-state index contributed by atoms with van der Waals surface area (Å²) in [5, 5.41) is 0.411. The number of hydrogen-bond donors (Lipinski definition) is 0. The third-order valence-corrected chi connectivity index (χ3v) is 7.51. The van der Waals surface area contributed by atoms with Gasteiger partial charge in [-0.1, -0.05) is 11.8 Å². The van der Waals surface area contributed by atoms with Gasteiger partial charge in [0.15, 0.2) is 15.0 Å². The van der Waals surface area contributed by atoms with Gasteiger partial charge in [-0.15, -0.1) is 0 Å². The van der Waals surface area contributed by atoms with Crippen LogP contribution in [0.2, 0.25) is 0 Å². The molecular weight excluding hydrogens is 339 g/mol. The van der Waals surface area contributed by atoms with Crippen molar-refractivity contribution in [3.63, 3.8) is 0 Å². The minimum Gasteiger partial charge on any atom is -0.316 e. The molecule has 3 aliphatic rings. The van der Waals surface area contributed by atoms with E-state index in [1.807, 2.05) is 0 Å². The molecule has 4 rings (SSSR count). The van der Waals surface area contributed by atoms with Crippen LogP contribution in [0.5, 0.6) is 0 Å². The Balaban J connectivity index is 1.71. The maximum atomic E-state index is 13.2. The van der Waals surface area contributed by atoms with E-state index in [-0.39, 0.29) is 40.4 Å². The van der Waals surface area contributed by atoms with Crippen molar-refractivity contribution in [2.45, 2.75) is 24.1 Å². The summed E-state index contributed by atoms with van der Waals surface area (Å²) in [5.74, 6) is -0.344. The molecule has 5 nitrogen and oxygen atoms in total. The molecule has 2 aliphatic heterocycles. The van der Waals surface area contributed by atoms with Crippen molar-refractivity contribution >= 4 is 38.4 Å². The van der Waals surface area contributed by atoms with Gasteiger partial charge in [0.2, 0.25) is 0 Å². The number of rotatable bonds is 2. The fourth-order valence-electron chi connectivity index (χ4n) is 2.98. The molecule has 1 saturated carbocycles. The van der Waals surface area contributed by atoms with Crippen LogP contribution >= 0.6 is 11.8 Å². The number of sulfone groups is 1. The van der Waals surface area contributed by atoms with Gasteiger partial charge >= 0.3 is 0 Å². The highest BCUT2D eigenvalue weighted by Crippen LogP contribution is 2.41. The summed E-state index contributed by atoms with van der Waals surface area (Å²) in [6, 6.07) is 5.61. The average molecular weight is 354 g/mol. The molecule has 1 amide bonds. The zero-order valence-corrected chi connectivity index (χ0v) is 13.8. The van der Waals surface area contributed by atoms with E-state index in [2.05, 4.69) is 4.99 Å². The van der Waals surface area contributed by atoms with Crippen LogP contribution in [0, 0.1) is 11.7 Å². The van der Waals surface area contributed by atoms with Crippen LogP contribution in [-0.4, -0.2) is 42.3 Å². The van der Waals surface area contributed by atoms with Crippen molar-refractivity contribution in [3.8, 4) is 0 Å². The Morgan fingerprint density at radius 3 is 2.57 bits per heavy atom. The number of anilines is 1. The van der Waals surface area contributed by atoms with Crippen LogP contribution in [0.15, 0.2) is 29.3 Å². The highest BCUT2D eigenvalue weighted by atomic mass is 32.2. The fourth-order valence-corrected chi connectivity index (χ4v) is 6.90. The zero-order chi connectivity index (χ0) is 16.2. The second kappa shape index (κ2) is 5.31. The topological polar surface area (TPSA) is 66.8 Å². The summed E-state index contributed by atoms with van der Waals surface area (Å²) in [6.07, 6.45) is 1.75. The first kappa shape index (κ1) is 15.1. The smallest absolute Gasteiger partial charge is 0.251 e. The van der Waals surface area contributed by atoms with E-state index in [0.29, 0.717) is 10.9 Å².